The van der Waals surface area contributed by atoms with Crippen LogP contribution in [0.4, 0.5) is 5.69 Å². The Bertz CT molecular complexity index is 1540. The fourth-order valence-corrected chi connectivity index (χ4v) is 4.67. The highest BCUT2D eigenvalue weighted by molar-refractivity contribution is 7.91. The first-order chi connectivity index (χ1) is 18.4. The topological polar surface area (TPSA) is 107 Å². The van der Waals surface area contributed by atoms with Crippen molar-refractivity contribution in [3.8, 4) is 17.6 Å². The van der Waals surface area contributed by atoms with Crippen LogP contribution in [0.5, 0.6) is 5.75 Å². The molecule has 1 heterocycles. The minimum Gasteiger partial charge on any atom is -0.508 e. The minimum atomic E-state index is -3.80. The molecule has 39 heavy (non-hydrogen) atoms. The number of phenolic OH excluding ortho intramolecular Hbond substituents is 1. The summed E-state index contributed by atoms with van der Waals surface area (Å²) in [4.78, 5) is 29.7. The lowest BCUT2D eigenvalue weighted by molar-refractivity contribution is 0.0746. The third kappa shape index (κ3) is 6.59. The maximum absolute atomic E-state index is 13.3. The highest BCUT2D eigenvalue weighted by Crippen LogP contribution is 2.20. The van der Waals surface area contributed by atoms with Crippen molar-refractivity contribution in [2.45, 2.75) is 25.5 Å². The van der Waals surface area contributed by atoms with Gasteiger partial charge >= 0.3 is 0 Å². The molecule has 1 aliphatic heterocycles. The highest BCUT2D eigenvalue weighted by Gasteiger charge is 2.31. The Hall–Kier alpha value is -4.29. The summed E-state index contributed by atoms with van der Waals surface area (Å²) in [6, 6.07) is 20.6. The van der Waals surface area contributed by atoms with Crippen LogP contribution in [0.25, 0.3) is 0 Å². The Kier molecular flexibility index (Phi) is 7.98. The molecule has 0 atom stereocenters. The Balaban J connectivity index is 1.39. The molecule has 0 aromatic heterocycles. The number of nitrogens with zero attached hydrogens (tertiary/aromatic N) is 2. The predicted molar refractivity (Wildman–Crippen MR) is 151 cm³/mol. The van der Waals surface area contributed by atoms with E-state index in [0.29, 0.717) is 42.9 Å². The first kappa shape index (κ1) is 27.7. The van der Waals surface area contributed by atoms with E-state index in [1.54, 1.807) is 59.5 Å². The second kappa shape index (κ2) is 11.2. The zero-order chi connectivity index (χ0) is 28.2. The van der Waals surface area contributed by atoms with Gasteiger partial charge in [0.25, 0.3) is 11.8 Å². The molecule has 2 N–H and O–H groups in total. The molecule has 9 heteroatoms. The van der Waals surface area contributed by atoms with Crippen molar-refractivity contribution in [3.05, 3.63) is 95.1 Å². The maximum Gasteiger partial charge on any atom is 0.264 e. The highest BCUT2D eigenvalue weighted by atomic mass is 32.2. The number of rotatable bonds is 4. The number of piperazine rings is 1. The molecule has 8 nitrogen and oxygen atoms in total. The first-order valence-electron chi connectivity index (χ1n) is 12.6. The molecule has 0 unspecified atom stereocenters. The Morgan fingerprint density at radius 3 is 2.18 bits per heavy atom. The van der Waals surface area contributed by atoms with E-state index in [-0.39, 0.29) is 17.2 Å². The van der Waals surface area contributed by atoms with Crippen LogP contribution in [0.2, 0.25) is 0 Å². The van der Waals surface area contributed by atoms with Crippen molar-refractivity contribution in [3.63, 3.8) is 0 Å². The summed E-state index contributed by atoms with van der Waals surface area (Å²) in [6.45, 7) is 6.82. The van der Waals surface area contributed by atoms with Gasteiger partial charge in [0.15, 0.2) is 0 Å². The van der Waals surface area contributed by atoms with Crippen molar-refractivity contribution in [2.75, 3.05) is 31.1 Å². The molecular weight excluding hydrogens is 514 g/mol. The Morgan fingerprint density at radius 1 is 0.872 bits per heavy atom. The number of carbonyl (C=O) groups is 2. The maximum atomic E-state index is 13.3. The molecular formula is C30H31N3O5S. The van der Waals surface area contributed by atoms with Crippen LogP contribution in [0.15, 0.2) is 72.8 Å². The summed E-state index contributed by atoms with van der Waals surface area (Å²) < 4.78 is 25.6. The number of sulfonamides is 1. The molecule has 0 bridgehead atoms. The number of phenols is 1. The van der Waals surface area contributed by atoms with Gasteiger partial charge in [-0.3, -0.25) is 9.59 Å². The number of amides is 2. The predicted octanol–water partition coefficient (Wildman–Crippen LogP) is 3.61. The average Bonchev–Trinajstić information content (AvgIpc) is 2.91. The quantitative estimate of drug-likeness (QED) is 0.485. The van der Waals surface area contributed by atoms with Gasteiger partial charge in [-0.05, 0) is 75.4 Å². The molecule has 4 rings (SSSR count). The van der Waals surface area contributed by atoms with Gasteiger partial charge in [0.1, 0.15) is 5.75 Å². The molecule has 1 aliphatic rings. The van der Waals surface area contributed by atoms with Gasteiger partial charge in [0.2, 0.25) is 10.0 Å². The van der Waals surface area contributed by atoms with Crippen LogP contribution in [0.1, 0.15) is 52.6 Å². The van der Waals surface area contributed by atoms with Crippen LogP contribution in [-0.2, 0) is 10.0 Å². The summed E-state index contributed by atoms with van der Waals surface area (Å²) in [7, 11) is -3.80. The van der Waals surface area contributed by atoms with E-state index < -0.39 is 20.7 Å². The molecule has 0 aliphatic carbocycles. The number of carbonyl (C=O) groups excluding carboxylic acids is 2. The van der Waals surface area contributed by atoms with E-state index in [0.717, 1.165) is 5.69 Å². The van der Waals surface area contributed by atoms with E-state index in [1.807, 2.05) is 18.2 Å². The Labute approximate surface area is 229 Å². The average molecular weight is 546 g/mol. The zero-order valence-electron chi connectivity index (χ0n) is 22.1. The molecule has 1 saturated heterocycles. The largest absolute Gasteiger partial charge is 0.508 e. The van der Waals surface area contributed by atoms with Crippen molar-refractivity contribution in [2.24, 2.45) is 0 Å². The number of anilines is 1. The number of aromatic hydroxyl groups is 1. The molecule has 0 saturated carbocycles. The van der Waals surface area contributed by atoms with Gasteiger partial charge in [-0.15, -0.1) is 0 Å². The summed E-state index contributed by atoms with van der Waals surface area (Å²) in [5.74, 6) is 5.44. The number of hydrogen-bond acceptors (Lipinski definition) is 6. The van der Waals surface area contributed by atoms with Crippen LogP contribution < -0.4 is 9.62 Å². The molecule has 3 aromatic rings. The monoisotopic (exact) mass is 545 g/mol. The molecule has 0 spiro atoms. The van der Waals surface area contributed by atoms with Crippen LogP contribution >= 0.6 is 0 Å². The zero-order valence-corrected chi connectivity index (χ0v) is 23.0. The first-order valence-corrected chi connectivity index (χ1v) is 14.0. The summed E-state index contributed by atoms with van der Waals surface area (Å²) in [6.07, 6.45) is 0. The number of nitrogens with one attached hydrogen (secondary N) is 1. The van der Waals surface area contributed by atoms with Gasteiger partial charge in [-0.2, -0.15) is 0 Å². The summed E-state index contributed by atoms with van der Waals surface area (Å²) in [5, 5.41) is 9.66. The van der Waals surface area contributed by atoms with Crippen LogP contribution in [0.3, 0.4) is 0 Å². The molecule has 202 valence electrons. The molecule has 3 aromatic carbocycles. The Morgan fingerprint density at radius 2 is 1.54 bits per heavy atom. The van der Waals surface area contributed by atoms with E-state index in [2.05, 4.69) is 21.5 Å². The van der Waals surface area contributed by atoms with Crippen molar-refractivity contribution in [1.82, 2.24) is 9.62 Å². The van der Waals surface area contributed by atoms with E-state index >= 15 is 0 Å². The van der Waals surface area contributed by atoms with Crippen LogP contribution in [0, 0.1) is 11.8 Å². The fraction of sp³-hybridized carbons (Fsp3) is 0.267. The van der Waals surface area contributed by atoms with Crippen molar-refractivity contribution in [1.29, 1.82) is 0 Å². The lowest BCUT2D eigenvalue weighted by atomic mass is 10.1. The number of benzene rings is 3. The summed E-state index contributed by atoms with van der Waals surface area (Å²) in [5.41, 5.74) is 2.94. The van der Waals surface area contributed by atoms with E-state index in [4.69, 9.17) is 0 Å². The SMILES string of the molecule is CC(C)(C)S(=O)(=O)NC(=O)c1ccc(N2CCN(C(=O)c3ccccc3C#Cc3cccc(O)c3)CC2)cc1. The lowest BCUT2D eigenvalue weighted by Gasteiger charge is -2.36. The smallest absolute Gasteiger partial charge is 0.264 e. The normalized spacial score (nSPS) is 13.8. The van der Waals surface area contributed by atoms with Gasteiger partial charge < -0.3 is 14.9 Å². The third-order valence-corrected chi connectivity index (χ3v) is 8.51. The molecule has 2 amide bonds. The minimum absolute atomic E-state index is 0.0949. The van der Waals surface area contributed by atoms with Crippen LogP contribution in [-0.4, -0.2) is 61.2 Å². The van der Waals surface area contributed by atoms with Crippen molar-refractivity contribution >= 4 is 27.5 Å². The van der Waals surface area contributed by atoms with Gasteiger partial charge in [0, 0.05) is 48.6 Å². The second-order valence-electron chi connectivity index (χ2n) is 10.2. The van der Waals surface area contributed by atoms with Crippen molar-refractivity contribution < 1.29 is 23.1 Å². The van der Waals surface area contributed by atoms with E-state index in [1.165, 1.54) is 20.8 Å². The van der Waals surface area contributed by atoms with Gasteiger partial charge in [-0.1, -0.05) is 30.0 Å². The molecule has 0 radical (unpaired) electrons. The fourth-order valence-electron chi connectivity index (χ4n) is 4.00. The standard InChI is InChI=1S/C30H31N3O5S/c1-30(2,3)39(37,38)31-28(35)24-13-15-25(16-14-24)32-17-19-33(20-18-32)29(36)27-10-5-4-8-23(27)12-11-22-7-6-9-26(34)21-22/h4-10,13-16,21,34H,17-20H2,1-3H3,(H,31,35). The van der Waals surface area contributed by atoms with E-state index in [9.17, 15) is 23.1 Å². The lowest BCUT2D eigenvalue weighted by Crippen LogP contribution is -2.49. The third-order valence-electron chi connectivity index (χ3n) is 6.44. The van der Waals surface area contributed by atoms with Gasteiger partial charge in [-0.25, -0.2) is 13.1 Å². The molecule has 1 fully saturated rings. The van der Waals surface area contributed by atoms with Gasteiger partial charge in [0.05, 0.1) is 10.3 Å². The number of hydrogen-bond donors (Lipinski definition) is 2. The summed E-state index contributed by atoms with van der Waals surface area (Å²) >= 11 is 0. The second-order valence-corrected chi connectivity index (χ2v) is 12.7.